The van der Waals surface area contributed by atoms with Crippen molar-refractivity contribution in [1.82, 2.24) is 0 Å². The van der Waals surface area contributed by atoms with E-state index in [1.54, 1.807) is 0 Å². The summed E-state index contributed by atoms with van der Waals surface area (Å²) in [4.78, 5) is 59.7. The van der Waals surface area contributed by atoms with Crippen molar-refractivity contribution < 1.29 is 49.2 Å². The van der Waals surface area contributed by atoms with E-state index in [1.807, 2.05) is 0 Å². The van der Waals surface area contributed by atoms with E-state index < -0.39 is 53.8 Å². The highest BCUT2D eigenvalue weighted by Gasteiger charge is 2.14. The lowest BCUT2D eigenvalue weighted by Crippen LogP contribution is -2.34. The molecule has 0 saturated carbocycles. The largest absolute Gasteiger partial charge is 0.481 e. The van der Waals surface area contributed by atoms with Crippen LogP contribution in [0.1, 0.15) is 25.7 Å². The Morgan fingerprint density at radius 2 is 0.893 bits per heavy atom. The standard InChI is InChI=1S/C5H9NO4.2C4H8N2O3/c6-3(5(9)10)1-2-4(7)8;2*5-2(4(8)9)1-3(6)7/h3H,1-2,6H2,(H,7,8)(H,9,10);2*2H,1,5H2,(H2,6,7)(H,8,9). The quantitative estimate of drug-likeness (QED) is 0.165. The van der Waals surface area contributed by atoms with Gasteiger partial charge in [0.15, 0.2) is 0 Å². The number of hydrogen-bond donors (Lipinski definition) is 9. The third-order valence-corrected chi connectivity index (χ3v) is 2.46. The van der Waals surface area contributed by atoms with E-state index in [1.165, 1.54) is 0 Å². The average molecular weight is 411 g/mol. The Bertz CT molecular complexity index is 536. The van der Waals surface area contributed by atoms with Gasteiger partial charge in [-0.3, -0.25) is 28.8 Å². The average Bonchev–Trinajstić information content (AvgIpc) is 2.52. The molecule has 0 spiro atoms. The number of nitrogens with two attached hydrogens (primary N) is 5. The molecule has 0 bridgehead atoms. The van der Waals surface area contributed by atoms with Gasteiger partial charge in [0, 0.05) is 6.42 Å². The second-order valence-electron chi connectivity index (χ2n) is 5.11. The van der Waals surface area contributed by atoms with Crippen LogP contribution in [0.5, 0.6) is 0 Å². The van der Waals surface area contributed by atoms with Gasteiger partial charge in [-0.2, -0.15) is 0 Å². The van der Waals surface area contributed by atoms with Gasteiger partial charge in [-0.05, 0) is 6.42 Å². The van der Waals surface area contributed by atoms with Crippen molar-refractivity contribution in [3.05, 3.63) is 0 Å². The van der Waals surface area contributed by atoms with E-state index in [0.717, 1.165) is 0 Å². The molecule has 28 heavy (non-hydrogen) atoms. The van der Waals surface area contributed by atoms with Gasteiger partial charge >= 0.3 is 23.9 Å². The second-order valence-corrected chi connectivity index (χ2v) is 5.11. The SMILES string of the molecule is NC(=O)CC(N)C(=O)O.NC(=O)CC(N)C(=O)O.NC(CCC(=O)O)C(=O)O. The molecule has 0 aromatic rings. The van der Waals surface area contributed by atoms with Gasteiger partial charge in [-0.25, -0.2) is 0 Å². The molecule has 0 aliphatic rings. The lowest BCUT2D eigenvalue weighted by atomic mass is 10.2. The van der Waals surface area contributed by atoms with Crippen molar-refractivity contribution in [3.63, 3.8) is 0 Å². The maximum atomic E-state index is 9.99. The predicted molar refractivity (Wildman–Crippen MR) is 91.3 cm³/mol. The summed E-state index contributed by atoms with van der Waals surface area (Å²) in [5.74, 6) is -6.03. The molecule has 0 saturated heterocycles. The first-order valence-electron chi connectivity index (χ1n) is 7.35. The van der Waals surface area contributed by atoms with Crippen molar-refractivity contribution in [2.75, 3.05) is 0 Å². The fourth-order valence-electron chi connectivity index (χ4n) is 1.01. The molecule has 0 heterocycles. The van der Waals surface area contributed by atoms with E-state index in [2.05, 4.69) is 11.5 Å². The van der Waals surface area contributed by atoms with Gasteiger partial charge in [0.25, 0.3) is 0 Å². The van der Waals surface area contributed by atoms with Crippen LogP contribution in [0.25, 0.3) is 0 Å². The number of primary amides is 2. The number of carboxylic acids is 4. The summed E-state index contributed by atoms with van der Waals surface area (Å²) < 4.78 is 0. The minimum absolute atomic E-state index is 0.0231. The van der Waals surface area contributed by atoms with Crippen LogP contribution in [0.15, 0.2) is 0 Å². The van der Waals surface area contributed by atoms with Crippen LogP contribution in [0.2, 0.25) is 0 Å². The van der Waals surface area contributed by atoms with E-state index in [4.69, 9.17) is 37.6 Å². The molecular formula is C13H25N5O10. The molecule has 3 atom stereocenters. The van der Waals surface area contributed by atoms with Crippen molar-refractivity contribution in [3.8, 4) is 0 Å². The summed E-state index contributed by atoms with van der Waals surface area (Å²) in [6.07, 6.45) is -0.844. The van der Waals surface area contributed by atoms with Crippen LogP contribution in [0, 0.1) is 0 Å². The molecule has 0 aromatic carbocycles. The number of rotatable bonds is 10. The number of carbonyl (C=O) groups is 6. The van der Waals surface area contributed by atoms with Crippen LogP contribution in [-0.2, 0) is 28.8 Å². The van der Waals surface area contributed by atoms with E-state index in [9.17, 15) is 28.8 Å². The summed E-state index contributed by atoms with van der Waals surface area (Å²) in [5, 5.41) is 32.5. The zero-order chi connectivity index (χ0) is 23.0. The second kappa shape index (κ2) is 15.9. The van der Waals surface area contributed by atoms with Gasteiger partial charge in [0.05, 0.1) is 12.8 Å². The summed E-state index contributed by atoms with van der Waals surface area (Å²) in [6.45, 7) is 0. The summed E-state index contributed by atoms with van der Waals surface area (Å²) in [6, 6.07) is -3.39. The highest BCUT2D eigenvalue weighted by Crippen LogP contribution is 1.93. The lowest BCUT2D eigenvalue weighted by molar-refractivity contribution is -0.141. The smallest absolute Gasteiger partial charge is 0.321 e. The monoisotopic (exact) mass is 411 g/mol. The molecule has 15 nitrogen and oxygen atoms in total. The number of carboxylic acid groups (broad SMARTS) is 4. The minimum Gasteiger partial charge on any atom is -0.481 e. The fourth-order valence-corrected chi connectivity index (χ4v) is 1.01. The minimum atomic E-state index is -1.21. The summed E-state index contributed by atoms with van der Waals surface area (Å²) >= 11 is 0. The summed E-state index contributed by atoms with van der Waals surface area (Å²) in [5.41, 5.74) is 24.1. The Balaban J connectivity index is -0.000000336. The summed E-state index contributed by atoms with van der Waals surface area (Å²) in [7, 11) is 0. The molecule has 0 aliphatic heterocycles. The molecule has 15 heteroatoms. The zero-order valence-corrected chi connectivity index (χ0v) is 14.7. The Hall–Kier alpha value is -3.30. The first kappa shape index (κ1) is 29.5. The maximum absolute atomic E-state index is 9.99. The molecule has 0 rings (SSSR count). The van der Waals surface area contributed by atoms with Crippen molar-refractivity contribution in [2.45, 2.75) is 43.8 Å². The lowest BCUT2D eigenvalue weighted by Gasteiger charge is -2.01. The molecule has 3 unspecified atom stereocenters. The van der Waals surface area contributed by atoms with Crippen molar-refractivity contribution >= 4 is 35.7 Å². The van der Waals surface area contributed by atoms with Crippen LogP contribution in [0.4, 0.5) is 0 Å². The Labute approximate surface area is 158 Å². The Kier molecular flexibility index (Phi) is 16.7. The number of amides is 2. The first-order valence-corrected chi connectivity index (χ1v) is 7.35. The van der Waals surface area contributed by atoms with Gasteiger partial charge in [-0.15, -0.1) is 0 Å². The third-order valence-electron chi connectivity index (χ3n) is 2.46. The highest BCUT2D eigenvalue weighted by atomic mass is 16.4. The first-order chi connectivity index (χ1) is 12.6. The topological polar surface area (TPSA) is 313 Å². The Morgan fingerprint density at radius 1 is 0.607 bits per heavy atom. The third kappa shape index (κ3) is 22.7. The molecule has 0 aromatic heterocycles. The van der Waals surface area contributed by atoms with E-state index in [0.29, 0.717) is 0 Å². The molecule has 0 aliphatic carbocycles. The van der Waals surface area contributed by atoms with E-state index in [-0.39, 0.29) is 25.7 Å². The van der Waals surface area contributed by atoms with Crippen LogP contribution >= 0.6 is 0 Å². The van der Waals surface area contributed by atoms with Crippen molar-refractivity contribution in [1.29, 1.82) is 0 Å². The van der Waals surface area contributed by atoms with Gasteiger partial charge in [0.1, 0.15) is 18.1 Å². The van der Waals surface area contributed by atoms with Gasteiger partial charge in [0.2, 0.25) is 11.8 Å². The molecule has 162 valence electrons. The fraction of sp³-hybridized carbons (Fsp3) is 0.538. The maximum Gasteiger partial charge on any atom is 0.321 e. The highest BCUT2D eigenvalue weighted by molar-refractivity contribution is 5.83. The molecule has 2 amide bonds. The number of aliphatic carboxylic acids is 4. The Morgan fingerprint density at radius 3 is 1.04 bits per heavy atom. The molecule has 0 fully saturated rings. The van der Waals surface area contributed by atoms with Crippen molar-refractivity contribution in [2.24, 2.45) is 28.7 Å². The molecule has 0 radical (unpaired) electrons. The van der Waals surface area contributed by atoms with Crippen LogP contribution in [0.3, 0.4) is 0 Å². The van der Waals surface area contributed by atoms with E-state index >= 15 is 0 Å². The zero-order valence-electron chi connectivity index (χ0n) is 14.7. The van der Waals surface area contributed by atoms with Gasteiger partial charge in [-0.1, -0.05) is 0 Å². The molecular weight excluding hydrogens is 386 g/mol. The number of hydrogen-bond acceptors (Lipinski definition) is 9. The van der Waals surface area contributed by atoms with Crippen LogP contribution in [-0.4, -0.2) is 74.2 Å². The normalized spacial score (nSPS) is 12.5. The van der Waals surface area contributed by atoms with Gasteiger partial charge < -0.3 is 49.1 Å². The number of carbonyl (C=O) groups excluding carboxylic acids is 2. The van der Waals surface area contributed by atoms with Crippen LogP contribution < -0.4 is 28.7 Å². The predicted octanol–water partition coefficient (Wildman–Crippen LogP) is -4.19. The molecule has 14 N–H and O–H groups in total.